The van der Waals surface area contributed by atoms with E-state index in [1.54, 1.807) is 5.06 Å². The molecule has 0 amide bonds. The second kappa shape index (κ2) is 6.48. The fourth-order valence-corrected chi connectivity index (χ4v) is 5.17. The lowest BCUT2D eigenvalue weighted by atomic mass is 9.77. The molecule has 0 radical (unpaired) electrons. The molecule has 2 unspecified atom stereocenters. The first kappa shape index (κ1) is 19.4. The van der Waals surface area contributed by atoms with Crippen molar-refractivity contribution in [3.8, 4) is 5.75 Å². The van der Waals surface area contributed by atoms with Gasteiger partial charge in [-0.2, -0.15) is 0 Å². The van der Waals surface area contributed by atoms with E-state index < -0.39 is 5.72 Å². The van der Waals surface area contributed by atoms with Crippen LogP contribution in [-0.2, 0) is 28.8 Å². The summed E-state index contributed by atoms with van der Waals surface area (Å²) in [7, 11) is 1.82. The molecule has 2 aromatic carbocycles. The molecule has 1 aliphatic carbocycles. The predicted octanol–water partition coefficient (Wildman–Crippen LogP) is 4.43. The maximum absolute atomic E-state index is 6.81. The topological polar surface area (TPSA) is 60.1 Å². The highest BCUT2D eigenvalue weighted by atomic mass is 16.7. The summed E-state index contributed by atoms with van der Waals surface area (Å²) in [5.41, 5.74) is 10.0. The van der Waals surface area contributed by atoms with Gasteiger partial charge in [-0.25, -0.2) is 14.9 Å². The van der Waals surface area contributed by atoms with Gasteiger partial charge in [0.15, 0.2) is 0 Å². The highest BCUT2D eigenvalue weighted by molar-refractivity contribution is 5.79. The van der Waals surface area contributed by atoms with Crippen LogP contribution in [0.5, 0.6) is 5.75 Å². The first-order chi connectivity index (χ1) is 14.2. The molecule has 3 aliphatic rings. The van der Waals surface area contributed by atoms with E-state index in [0.717, 1.165) is 37.0 Å². The first-order valence-corrected chi connectivity index (χ1v) is 10.9. The Balaban J connectivity index is 1.64. The van der Waals surface area contributed by atoms with E-state index in [2.05, 4.69) is 63.2 Å². The zero-order valence-electron chi connectivity index (χ0n) is 18.4. The minimum atomic E-state index is -0.840. The lowest BCUT2D eigenvalue weighted by Gasteiger charge is -2.45. The third-order valence-corrected chi connectivity index (χ3v) is 6.77. The first-order valence-electron chi connectivity index (χ1n) is 10.9. The van der Waals surface area contributed by atoms with Crippen LogP contribution in [0.1, 0.15) is 62.3 Å². The number of rotatable bonds is 0. The van der Waals surface area contributed by atoms with Crippen LogP contribution in [-0.4, -0.2) is 23.7 Å². The molecule has 30 heavy (non-hydrogen) atoms. The van der Waals surface area contributed by atoms with E-state index in [-0.39, 0.29) is 11.0 Å². The van der Waals surface area contributed by atoms with Crippen LogP contribution < -0.4 is 10.5 Å². The van der Waals surface area contributed by atoms with Gasteiger partial charge in [0.05, 0.1) is 5.56 Å². The third-order valence-electron chi connectivity index (χ3n) is 6.77. The standard InChI is InChI=1S/C25H31N3O2/c1-23(2,3)19-11-12-21-20(14-19)25(27-22(26)28(4)30-25)16-24(29-21)13-7-10-17-8-5-6-9-18(17)15-24/h5-6,8-9,11-12,14H,7,10,13,15-16H2,1-4H3,(H2,26,27). The molecule has 2 aromatic rings. The lowest BCUT2D eigenvalue weighted by molar-refractivity contribution is -0.205. The van der Waals surface area contributed by atoms with Crippen molar-refractivity contribution in [2.75, 3.05) is 7.05 Å². The molecule has 0 fully saturated rings. The van der Waals surface area contributed by atoms with Crippen molar-refractivity contribution in [3.05, 3.63) is 64.7 Å². The summed E-state index contributed by atoms with van der Waals surface area (Å²) < 4.78 is 6.81. The Morgan fingerprint density at radius 1 is 1.10 bits per heavy atom. The Kier molecular flexibility index (Phi) is 4.20. The molecule has 5 nitrogen and oxygen atoms in total. The lowest BCUT2D eigenvalue weighted by Crippen LogP contribution is -2.49. The second-order valence-electron chi connectivity index (χ2n) is 10.1. The summed E-state index contributed by atoms with van der Waals surface area (Å²) >= 11 is 0. The van der Waals surface area contributed by atoms with Gasteiger partial charge in [-0.1, -0.05) is 51.1 Å². The summed E-state index contributed by atoms with van der Waals surface area (Å²) in [5, 5.41) is 1.59. The molecule has 5 heteroatoms. The molecule has 158 valence electrons. The van der Waals surface area contributed by atoms with Gasteiger partial charge >= 0.3 is 0 Å². The number of hydroxylamine groups is 2. The van der Waals surface area contributed by atoms with Crippen LogP contribution in [0.3, 0.4) is 0 Å². The number of hydrogen-bond acceptors (Lipinski definition) is 5. The molecule has 0 aromatic heterocycles. The van der Waals surface area contributed by atoms with Crippen molar-refractivity contribution in [3.63, 3.8) is 0 Å². The van der Waals surface area contributed by atoms with Crippen molar-refractivity contribution in [2.24, 2.45) is 10.7 Å². The highest BCUT2D eigenvalue weighted by Gasteiger charge is 2.55. The molecule has 2 spiro atoms. The van der Waals surface area contributed by atoms with Crippen LogP contribution in [0.25, 0.3) is 0 Å². The fourth-order valence-electron chi connectivity index (χ4n) is 5.17. The van der Waals surface area contributed by atoms with Crippen molar-refractivity contribution >= 4 is 5.96 Å². The number of nitrogens with two attached hydrogens (primary N) is 1. The van der Waals surface area contributed by atoms with Crippen LogP contribution in [0.2, 0.25) is 0 Å². The smallest absolute Gasteiger partial charge is 0.222 e. The van der Waals surface area contributed by atoms with Crippen molar-refractivity contribution in [1.82, 2.24) is 5.06 Å². The Hall–Kier alpha value is -2.53. The van der Waals surface area contributed by atoms with Crippen molar-refractivity contribution in [2.45, 2.75) is 69.6 Å². The van der Waals surface area contributed by atoms with E-state index in [1.807, 2.05) is 7.05 Å². The number of ether oxygens (including phenoxy) is 1. The number of guanidine groups is 1. The Bertz CT molecular complexity index is 1030. The zero-order valence-corrected chi connectivity index (χ0v) is 18.4. The minimum absolute atomic E-state index is 0.0202. The predicted molar refractivity (Wildman–Crippen MR) is 118 cm³/mol. The summed E-state index contributed by atoms with van der Waals surface area (Å²) in [6.45, 7) is 6.65. The summed E-state index contributed by atoms with van der Waals surface area (Å²) in [6.07, 6.45) is 4.63. The summed E-state index contributed by atoms with van der Waals surface area (Å²) in [6, 6.07) is 15.2. The number of aryl methyl sites for hydroxylation is 1. The summed E-state index contributed by atoms with van der Waals surface area (Å²) in [5.74, 6) is 1.27. The summed E-state index contributed by atoms with van der Waals surface area (Å²) in [4.78, 5) is 11.3. The van der Waals surface area contributed by atoms with Gasteiger partial charge in [0.2, 0.25) is 11.7 Å². The average Bonchev–Trinajstić information content (AvgIpc) is 2.84. The Morgan fingerprint density at radius 3 is 2.57 bits per heavy atom. The van der Waals surface area contributed by atoms with E-state index in [1.165, 1.54) is 16.7 Å². The number of nitrogens with zero attached hydrogens (tertiary/aromatic N) is 2. The molecule has 0 saturated carbocycles. The number of hydrogen-bond donors (Lipinski definition) is 1. The third kappa shape index (κ3) is 3.07. The zero-order chi connectivity index (χ0) is 21.1. The maximum atomic E-state index is 6.81. The molecule has 0 saturated heterocycles. The second-order valence-corrected chi connectivity index (χ2v) is 10.1. The normalized spacial score (nSPS) is 28.0. The van der Waals surface area contributed by atoms with Gasteiger partial charge < -0.3 is 10.5 Å². The van der Waals surface area contributed by atoms with Gasteiger partial charge in [-0.15, -0.1) is 0 Å². The van der Waals surface area contributed by atoms with Crippen LogP contribution in [0, 0.1) is 0 Å². The van der Waals surface area contributed by atoms with Crippen LogP contribution in [0.4, 0.5) is 0 Å². The van der Waals surface area contributed by atoms with Gasteiger partial charge in [-0.3, -0.25) is 0 Å². The van der Waals surface area contributed by atoms with E-state index >= 15 is 0 Å². The molecule has 2 atom stereocenters. The monoisotopic (exact) mass is 405 g/mol. The van der Waals surface area contributed by atoms with Gasteiger partial charge in [0.25, 0.3) is 0 Å². The Labute approximate surface area is 178 Å². The number of benzene rings is 2. The largest absolute Gasteiger partial charge is 0.486 e. The highest BCUT2D eigenvalue weighted by Crippen LogP contribution is 2.52. The minimum Gasteiger partial charge on any atom is -0.486 e. The number of fused-ring (bicyclic) bond motifs is 3. The molecule has 2 aliphatic heterocycles. The number of aliphatic imine (C=N–C) groups is 1. The molecule has 0 bridgehead atoms. The van der Waals surface area contributed by atoms with Gasteiger partial charge in [0.1, 0.15) is 11.4 Å². The van der Waals surface area contributed by atoms with Crippen molar-refractivity contribution in [1.29, 1.82) is 0 Å². The molecular formula is C25H31N3O2. The molecule has 5 rings (SSSR count). The van der Waals surface area contributed by atoms with E-state index in [9.17, 15) is 0 Å². The van der Waals surface area contributed by atoms with Crippen LogP contribution in [0.15, 0.2) is 47.5 Å². The quantitative estimate of drug-likeness (QED) is 0.704. The molecule has 2 N–H and O–H groups in total. The SMILES string of the molecule is CN1OC2(CC3(CCCc4ccccc4C3)Oc3ccc(C(C)(C)C)cc32)N=C1N. The average molecular weight is 406 g/mol. The van der Waals surface area contributed by atoms with E-state index in [0.29, 0.717) is 12.4 Å². The van der Waals surface area contributed by atoms with Gasteiger partial charge in [0, 0.05) is 19.9 Å². The molecule has 2 heterocycles. The maximum Gasteiger partial charge on any atom is 0.222 e. The van der Waals surface area contributed by atoms with E-state index in [4.69, 9.17) is 20.3 Å². The fraction of sp³-hybridized carbons (Fsp3) is 0.480. The Morgan fingerprint density at radius 2 is 1.87 bits per heavy atom. The van der Waals surface area contributed by atoms with Crippen LogP contribution >= 0.6 is 0 Å². The van der Waals surface area contributed by atoms with Crippen molar-refractivity contribution < 1.29 is 9.57 Å². The van der Waals surface area contributed by atoms with Gasteiger partial charge in [-0.05, 0) is 53.5 Å². The molecular weight excluding hydrogens is 374 g/mol.